The van der Waals surface area contributed by atoms with Crippen LogP contribution in [0.4, 0.5) is 0 Å². The lowest BCUT2D eigenvalue weighted by molar-refractivity contribution is -0.161. The van der Waals surface area contributed by atoms with Crippen molar-refractivity contribution in [1.82, 2.24) is 0 Å². The molecule has 4 unspecified atom stereocenters. The van der Waals surface area contributed by atoms with E-state index in [1.54, 1.807) is 0 Å². The van der Waals surface area contributed by atoms with Gasteiger partial charge in [-0.3, -0.25) is 0 Å². The molecule has 0 bridgehead atoms. The Hall–Kier alpha value is -0.200. The van der Waals surface area contributed by atoms with E-state index in [-0.39, 0.29) is 18.1 Å². The average Bonchev–Trinajstić information content (AvgIpc) is 2.80. The first-order valence-electron chi connectivity index (χ1n) is 6.96. The molecule has 4 atom stereocenters. The topological polar surface area (TPSA) is 62.9 Å². The number of ether oxygens (including phenoxy) is 4. The molecule has 2 N–H and O–H groups in total. The summed E-state index contributed by atoms with van der Waals surface area (Å²) in [7, 11) is 0. The fraction of sp³-hybridized carbons (Fsp3) is 1.00. The first kappa shape index (κ1) is 15.2. The van der Waals surface area contributed by atoms with Gasteiger partial charge in [0.25, 0.3) is 0 Å². The summed E-state index contributed by atoms with van der Waals surface area (Å²) in [5, 5.41) is 0. The number of hydrogen-bond acceptors (Lipinski definition) is 5. The highest BCUT2D eigenvalue weighted by Gasteiger charge is 2.49. The van der Waals surface area contributed by atoms with Crippen LogP contribution in [0.25, 0.3) is 0 Å². The van der Waals surface area contributed by atoms with Crippen molar-refractivity contribution in [2.75, 3.05) is 13.2 Å². The summed E-state index contributed by atoms with van der Waals surface area (Å²) in [6.45, 7) is 12.8. The van der Waals surface area contributed by atoms with Crippen molar-refractivity contribution in [2.45, 2.75) is 70.9 Å². The molecule has 0 aromatic rings. The van der Waals surface area contributed by atoms with Crippen LogP contribution < -0.4 is 5.73 Å². The van der Waals surface area contributed by atoms with Crippen LogP contribution in [0.1, 0.15) is 41.5 Å². The summed E-state index contributed by atoms with van der Waals surface area (Å²) in [6, 6.07) is 0. The lowest BCUT2D eigenvalue weighted by Crippen LogP contribution is -2.58. The van der Waals surface area contributed by atoms with E-state index < -0.39 is 17.1 Å². The predicted octanol–water partition coefficient (Wildman–Crippen LogP) is 1.64. The molecule has 0 spiro atoms. The van der Waals surface area contributed by atoms with Crippen molar-refractivity contribution in [2.24, 2.45) is 11.7 Å². The molecular formula is C14H27NO4. The molecule has 0 aromatic heterocycles. The van der Waals surface area contributed by atoms with Gasteiger partial charge >= 0.3 is 0 Å². The Labute approximate surface area is 115 Å². The van der Waals surface area contributed by atoms with Gasteiger partial charge in [0.1, 0.15) is 6.10 Å². The summed E-state index contributed by atoms with van der Waals surface area (Å²) in [6.07, 6.45) is -0.151. The minimum absolute atomic E-state index is 0.0164. The van der Waals surface area contributed by atoms with Gasteiger partial charge in [-0.15, -0.1) is 0 Å². The molecule has 112 valence electrons. The molecule has 19 heavy (non-hydrogen) atoms. The van der Waals surface area contributed by atoms with E-state index in [2.05, 4.69) is 6.92 Å². The zero-order chi connectivity index (χ0) is 14.5. The van der Waals surface area contributed by atoms with Gasteiger partial charge in [-0.2, -0.15) is 0 Å². The fourth-order valence-electron chi connectivity index (χ4n) is 2.65. The Kier molecular flexibility index (Phi) is 3.73. The van der Waals surface area contributed by atoms with Gasteiger partial charge in [-0.25, -0.2) is 0 Å². The minimum Gasteiger partial charge on any atom is -0.348 e. The van der Waals surface area contributed by atoms with Gasteiger partial charge in [0, 0.05) is 11.5 Å². The normalized spacial score (nSPS) is 38.1. The quantitative estimate of drug-likeness (QED) is 0.847. The van der Waals surface area contributed by atoms with E-state index in [4.69, 9.17) is 24.7 Å². The maximum Gasteiger partial charge on any atom is 0.163 e. The van der Waals surface area contributed by atoms with E-state index in [1.807, 2.05) is 34.6 Å². The van der Waals surface area contributed by atoms with Gasteiger partial charge in [0.05, 0.1) is 19.3 Å². The average molecular weight is 273 g/mol. The Morgan fingerprint density at radius 2 is 1.58 bits per heavy atom. The molecule has 5 nitrogen and oxygen atoms in total. The number of nitrogens with two attached hydrogens (primary N) is 1. The Balaban J connectivity index is 2.03. The highest BCUT2D eigenvalue weighted by Crippen LogP contribution is 2.36. The van der Waals surface area contributed by atoms with Crippen molar-refractivity contribution in [1.29, 1.82) is 0 Å². The third-order valence-corrected chi connectivity index (χ3v) is 4.27. The predicted molar refractivity (Wildman–Crippen MR) is 71.6 cm³/mol. The summed E-state index contributed by atoms with van der Waals surface area (Å²) in [5.41, 5.74) is 5.99. The number of rotatable bonds is 3. The molecule has 5 heteroatoms. The first-order valence-corrected chi connectivity index (χ1v) is 6.96. The molecular weight excluding hydrogens is 246 g/mol. The van der Waals surface area contributed by atoms with Crippen LogP contribution in [-0.4, -0.2) is 42.5 Å². The minimum atomic E-state index is -0.558. The van der Waals surface area contributed by atoms with Gasteiger partial charge in [-0.1, -0.05) is 6.92 Å². The standard InChI is InChI=1S/C14H27NO4/c1-9(10-7-16-12(2,3)18-10)14(6,15)11-8-17-13(4,5)19-11/h9-11H,7-8,15H2,1-6H3. The Morgan fingerprint density at radius 1 is 1.05 bits per heavy atom. The van der Waals surface area contributed by atoms with E-state index >= 15 is 0 Å². The first-order chi connectivity index (χ1) is 8.54. The van der Waals surface area contributed by atoms with Crippen LogP contribution in [0.2, 0.25) is 0 Å². The molecule has 0 amide bonds. The molecule has 0 radical (unpaired) electrons. The van der Waals surface area contributed by atoms with Crippen molar-refractivity contribution in [3.8, 4) is 0 Å². The van der Waals surface area contributed by atoms with Crippen LogP contribution in [-0.2, 0) is 18.9 Å². The van der Waals surface area contributed by atoms with E-state index in [0.29, 0.717) is 13.2 Å². The number of hydrogen-bond donors (Lipinski definition) is 1. The fourth-order valence-corrected chi connectivity index (χ4v) is 2.65. The zero-order valence-electron chi connectivity index (χ0n) is 12.9. The molecule has 2 aliphatic heterocycles. The van der Waals surface area contributed by atoms with Crippen molar-refractivity contribution < 1.29 is 18.9 Å². The van der Waals surface area contributed by atoms with Gasteiger partial charge < -0.3 is 24.7 Å². The van der Waals surface area contributed by atoms with Gasteiger partial charge in [0.15, 0.2) is 11.6 Å². The Bertz CT molecular complexity index is 340. The van der Waals surface area contributed by atoms with Gasteiger partial charge in [0.2, 0.25) is 0 Å². The largest absolute Gasteiger partial charge is 0.348 e. The highest BCUT2D eigenvalue weighted by atomic mass is 16.7. The van der Waals surface area contributed by atoms with Crippen LogP contribution in [0.15, 0.2) is 0 Å². The van der Waals surface area contributed by atoms with Crippen LogP contribution >= 0.6 is 0 Å². The van der Waals surface area contributed by atoms with Gasteiger partial charge in [-0.05, 0) is 34.6 Å². The van der Waals surface area contributed by atoms with E-state index in [0.717, 1.165) is 0 Å². The zero-order valence-corrected chi connectivity index (χ0v) is 12.9. The van der Waals surface area contributed by atoms with E-state index in [9.17, 15) is 0 Å². The summed E-state index contributed by atoms with van der Waals surface area (Å²) in [4.78, 5) is 0. The van der Waals surface area contributed by atoms with Crippen LogP contribution in [0.5, 0.6) is 0 Å². The lowest BCUT2D eigenvalue weighted by atomic mass is 9.80. The monoisotopic (exact) mass is 273 g/mol. The lowest BCUT2D eigenvalue weighted by Gasteiger charge is -2.39. The summed E-state index contributed by atoms with van der Waals surface area (Å²) >= 11 is 0. The SMILES string of the molecule is CC(C1COC(C)(C)O1)C(C)(N)C1COC(C)(C)O1. The summed E-state index contributed by atoms with van der Waals surface area (Å²) < 4.78 is 23.1. The van der Waals surface area contributed by atoms with Crippen molar-refractivity contribution >= 4 is 0 Å². The Morgan fingerprint density at radius 3 is 2.00 bits per heavy atom. The van der Waals surface area contributed by atoms with Crippen LogP contribution in [0, 0.1) is 5.92 Å². The van der Waals surface area contributed by atoms with Crippen LogP contribution in [0.3, 0.4) is 0 Å². The third kappa shape index (κ3) is 3.11. The maximum absolute atomic E-state index is 6.51. The molecule has 0 saturated carbocycles. The maximum atomic E-state index is 6.51. The second-order valence-corrected chi connectivity index (χ2v) is 6.84. The second kappa shape index (κ2) is 4.67. The highest BCUT2D eigenvalue weighted by molar-refractivity contribution is 4.99. The molecule has 0 aromatic carbocycles. The van der Waals surface area contributed by atoms with E-state index in [1.165, 1.54) is 0 Å². The molecule has 0 aliphatic carbocycles. The molecule has 2 aliphatic rings. The molecule has 2 heterocycles. The smallest absolute Gasteiger partial charge is 0.163 e. The second-order valence-electron chi connectivity index (χ2n) is 6.84. The molecule has 2 rings (SSSR count). The van der Waals surface area contributed by atoms with Crippen molar-refractivity contribution in [3.63, 3.8) is 0 Å². The summed E-state index contributed by atoms with van der Waals surface area (Å²) in [5.74, 6) is -0.977. The molecule has 2 saturated heterocycles. The third-order valence-electron chi connectivity index (χ3n) is 4.27. The molecule has 2 fully saturated rings. The van der Waals surface area contributed by atoms with Crippen molar-refractivity contribution in [3.05, 3.63) is 0 Å².